The first-order valence-corrected chi connectivity index (χ1v) is 15.4. The van der Waals surface area contributed by atoms with Gasteiger partial charge in [-0.05, 0) is 42.7 Å². The van der Waals surface area contributed by atoms with E-state index >= 15 is 0 Å². The van der Waals surface area contributed by atoms with Crippen LogP contribution in [0.5, 0.6) is 0 Å². The number of benzene rings is 5. The number of nitrogens with zero attached hydrogens (tertiary/aromatic N) is 3. The Labute approximate surface area is 255 Å². The predicted octanol–water partition coefficient (Wildman–Crippen LogP) is 8.59. The maximum absolute atomic E-state index is 5.40. The molecule has 1 aliphatic heterocycles. The number of fused-ring (bicyclic) bond motifs is 7. The summed E-state index contributed by atoms with van der Waals surface area (Å²) < 4.78 is 4.85. The van der Waals surface area contributed by atoms with E-state index in [-0.39, 0.29) is 12.5 Å². The molecule has 5 nitrogen and oxygen atoms in total. The maximum Gasteiger partial charge on any atom is 0.184 e. The molecule has 0 radical (unpaired) electrons. The van der Waals surface area contributed by atoms with Crippen LogP contribution in [0.15, 0.2) is 150 Å². The van der Waals surface area contributed by atoms with Crippen LogP contribution in [-0.2, 0) is 0 Å². The largest absolute Gasteiger partial charge is 0.350 e. The molecule has 0 amide bonds. The molecule has 2 atom stereocenters. The molecular formula is C39H31N5. The fraction of sp³-hybridized carbons (Fsp3) is 0.103. The highest BCUT2D eigenvalue weighted by atomic mass is 15.4. The first-order chi connectivity index (χ1) is 21.8. The molecule has 5 aromatic carbocycles. The van der Waals surface area contributed by atoms with Gasteiger partial charge in [-0.25, -0.2) is 4.99 Å². The average Bonchev–Trinajstić information content (AvgIpc) is 3.62. The number of rotatable bonds is 4. The zero-order valence-electron chi connectivity index (χ0n) is 24.2. The molecule has 2 aliphatic rings. The molecule has 0 bridgehead atoms. The number of para-hydroxylation sites is 3. The molecule has 2 unspecified atom stereocenters. The summed E-state index contributed by atoms with van der Waals surface area (Å²) in [6, 6.07) is 43.3. The topological polar surface area (TPSA) is 46.3 Å². The van der Waals surface area contributed by atoms with Crippen LogP contribution in [0.25, 0.3) is 49.3 Å². The van der Waals surface area contributed by atoms with Gasteiger partial charge in [-0.3, -0.25) is 5.32 Å². The van der Waals surface area contributed by atoms with E-state index in [1.165, 1.54) is 43.7 Å². The number of amidine groups is 1. The Morgan fingerprint density at radius 2 is 1.27 bits per heavy atom. The van der Waals surface area contributed by atoms with E-state index < -0.39 is 0 Å². The fourth-order valence-electron chi connectivity index (χ4n) is 7.07. The molecule has 2 N–H and O–H groups in total. The van der Waals surface area contributed by atoms with E-state index in [1.54, 1.807) is 0 Å². The first kappa shape index (κ1) is 25.1. The number of aromatic nitrogens is 2. The summed E-state index contributed by atoms with van der Waals surface area (Å²) in [5, 5.41) is 12.5. The second-order valence-electron chi connectivity index (χ2n) is 11.6. The number of hydrogen-bond donors (Lipinski definition) is 2. The van der Waals surface area contributed by atoms with Crippen LogP contribution in [0.4, 0.5) is 0 Å². The molecule has 9 rings (SSSR count). The van der Waals surface area contributed by atoms with Gasteiger partial charge in [0.1, 0.15) is 12.0 Å². The van der Waals surface area contributed by atoms with Crippen molar-refractivity contribution in [3.63, 3.8) is 0 Å². The molecule has 212 valence electrons. The number of nitrogens with one attached hydrogen (secondary N) is 2. The van der Waals surface area contributed by atoms with E-state index in [0.717, 1.165) is 35.4 Å². The molecule has 0 fully saturated rings. The Bertz CT molecular complexity index is 2290. The van der Waals surface area contributed by atoms with Gasteiger partial charge in [-0.1, -0.05) is 115 Å². The van der Waals surface area contributed by atoms with Crippen LogP contribution in [-0.4, -0.2) is 21.1 Å². The minimum atomic E-state index is -0.345. The molecule has 3 heterocycles. The summed E-state index contributed by atoms with van der Waals surface area (Å²) >= 11 is 0. The monoisotopic (exact) mass is 569 g/mol. The Balaban J connectivity index is 1.39. The van der Waals surface area contributed by atoms with Gasteiger partial charge in [0.25, 0.3) is 0 Å². The minimum absolute atomic E-state index is 0.0837. The van der Waals surface area contributed by atoms with Crippen LogP contribution in [0.3, 0.4) is 0 Å². The van der Waals surface area contributed by atoms with Crippen molar-refractivity contribution in [1.82, 2.24) is 19.8 Å². The summed E-state index contributed by atoms with van der Waals surface area (Å²) in [6.45, 7) is 0. The summed E-state index contributed by atoms with van der Waals surface area (Å²) in [6.07, 6.45) is 8.55. The molecule has 0 spiro atoms. The van der Waals surface area contributed by atoms with E-state index in [9.17, 15) is 0 Å². The van der Waals surface area contributed by atoms with Crippen molar-refractivity contribution >= 4 is 49.4 Å². The normalized spacial score (nSPS) is 18.5. The highest BCUT2D eigenvalue weighted by Crippen LogP contribution is 2.41. The van der Waals surface area contributed by atoms with Gasteiger partial charge in [0.05, 0.1) is 22.1 Å². The fourth-order valence-corrected chi connectivity index (χ4v) is 7.07. The number of allylic oxidation sites excluding steroid dienone is 2. The molecular weight excluding hydrogens is 538 g/mol. The lowest BCUT2D eigenvalue weighted by Gasteiger charge is -2.34. The highest BCUT2D eigenvalue weighted by Gasteiger charge is 2.30. The van der Waals surface area contributed by atoms with Gasteiger partial charge in [0.2, 0.25) is 0 Å². The Kier molecular flexibility index (Phi) is 5.78. The van der Waals surface area contributed by atoms with Crippen molar-refractivity contribution in [2.75, 3.05) is 0 Å². The minimum Gasteiger partial charge on any atom is -0.350 e. The Hall–Kier alpha value is -5.39. The summed E-state index contributed by atoms with van der Waals surface area (Å²) in [5.74, 6) is 0.890. The lowest BCUT2D eigenvalue weighted by molar-refractivity contribution is 0.365. The third kappa shape index (κ3) is 3.86. The lowest BCUT2D eigenvalue weighted by atomic mass is 10.0. The Morgan fingerprint density at radius 3 is 2.02 bits per heavy atom. The van der Waals surface area contributed by atoms with Crippen molar-refractivity contribution in [3.8, 4) is 5.69 Å². The van der Waals surface area contributed by atoms with Crippen LogP contribution < -0.4 is 10.6 Å². The zero-order valence-corrected chi connectivity index (χ0v) is 24.2. The zero-order chi connectivity index (χ0) is 29.0. The van der Waals surface area contributed by atoms with E-state index in [2.05, 4.69) is 159 Å². The summed E-state index contributed by atoms with van der Waals surface area (Å²) in [7, 11) is 0. The average molecular weight is 570 g/mol. The molecule has 0 saturated heterocycles. The van der Waals surface area contributed by atoms with Crippen molar-refractivity contribution in [1.29, 1.82) is 0 Å². The first-order valence-electron chi connectivity index (χ1n) is 15.4. The summed E-state index contributed by atoms with van der Waals surface area (Å²) in [5.41, 5.74) is 8.18. The van der Waals surface area contributed by atoms with Gasteiger partial charge in [-0.15, -0.1) is 0 Å². The molecule has 7 aromatic rings. The number of hydrogen-bond acceptors (Lipinski definition) is 3. The second-order valence-corrected chi connectivity index (χ2v) is 11.6. The van der Waals surface area contributed by atoms with Gasteiger partial charge < -0.3 is 14.5 Å². The van der Waals surface area contributed by atoms with Crippen molar-refractivity contribution < 1.29 is 0 Å². The third-order valence-corrected chi connectivity index (χ3v) is 9.02. The summed E-state index contributed by atoms with van der Waals surface area (Å²) in [4.78, 5) is 5.40. The predicted molar refractivity (Wildman–Crippen MR) is 182 cm³/mol. The molecule has 1 aliphatic carbocycles. The molecule has 44 heavy (non-hydrogen) atoms. The van der Waals surface area contributed by atoms with Crippen molar-refractivity contribution in [3.05, 3.63) is 151 Å². The van der Waals surface area contributed by atoms with E-state index in [0.29, 0.717) is 0 Å². The maximum atomic E-state index is 5.40. The Morgan fingerprint density at radius 1 is 0.614 bits per heavy atom. The standard InChI is InChI=1S/C39H31N5/c1-4-14-26(15-5-1)37-40-38(27-16-6-2-7-17-27)42-39(41-37)44-34-23-13-11-21-30(34)32-25-24-31-29-20-10-12-22-33(29)43(35(31)36(32)44)28-18-8-3-9-19-28/h1,3-6,8-25,38-39,42H,2,7H2,(H,40,41). The van der Waals surface area contributed by atoms with Crippen LogP contribution in [0.2, 0.25) is 0 Å². The molecule has 5 heteroatoms. The van der Waals surface area contributed by atoms with Crippen LogP contribution in [0, 0.1) is 0 Å². The highest BCUT2D eigenvalue weighted by molar-refractivity contribution is 6.23. The van der Waals surface area contributed by atoms with Crippen molar-refractivity contribution in [2.24, 2.45) is 4.99 Å². The van der Waals surface area contributed by atoms with Crippen LogP contribution >= 0.6 is 0 Å². The van der Waals surface area contributed by atoms with Crippen molar-refractivity contribution in [2.45, 2.75) is 25.3 Å². The van der Waals surface area contributed by atoms with E-state index in [4.69, 9.17) is 4.99 Å². The SMILES string of the molecule is C1=CC(C2NC(c3ccccc3)=NC(n3c4ccccc4c4ccc5c6ccccc6n(-c6ccccc6)c5c43)N2)=CCC1. The quantitative estimate of drug-likeness (QED) is 0.223. The third-order valence-electron chi connectivity index (χ3n) is 9.02. The van der Waals surface area contributed by atoms with Crippen LogP contribution in [0.1, 0.15) is 24.7 Å². The smallest absolute Gasteiger partial charge is 0.184 e. The molecule has 2 aromatic heterocycles. The van der Waals surface area contributed by atoms with E-state index in [1.807, 2.05) is 0 Å². The van der Waals surface area contributed by atoms with Gasteiger partial charge in [0, 0.05) is 32.8 Å². The molecule has 0 saturated carbocycles. The lowest BCUT2D eigenvalue weighted by Crippen LogP contribution is -2.53. The van der Waals surface area contributed by atoms with Gasteiger partial charge in [-0.2, -0.15) is 0 Å². The number of aliphatic imine (C=N–C) groups is 1. The van der Waals surface area contributed by atoms with Gasteiger partial charge >= 0.3 is 0 Å². The second kappa shape index (κ2) is 10.1. The van der Waals surface area contributed by atoms with Gasteiger partial charge in [0.15, 0.2) is 6.29 Å².